The number of hydrogen-bond donors (Lipinski definition) is 0. The minimum atomic E-state index is 0.198. The quantitative estimate of drug-likeness (QED) is 0.608. The van der Waals surface area contributed by atoms with Crippen molar-refractivity contribution in [3.63, 3.8) is 0 Å². The zero-order valence-electron chi connectivity index (χ0n) is 15.7. The molecular weight excluding hydrogens is 258 g/mol. The SMILES string of the molecule is CCCCC([SiH3])=C(CCCC)N(C(C)(C)C)C(C)(C)C. The highest BCUT2D eigenvalue weighted by Crippen LogP contribution is 2.34. The minimum Gasteiger partial charge on any atom is -0.366 e. The largest absolute Gasteiger partial charge is 0.366 e. The van der Waals surface area contributed by atoms with Gasteiger partial charge < -0.3 is 4.90 Å². The van der Waals surface area contributed by atoms with E-state index in [-0.39, 0.29) is 11.1 Å². The Morgan fingerprint density at radius 1 is 0.800 bits per heavy atom. The van der Waals surface area contributed by atoms with Crippen LogP contribution in [0.2, 0.25) is 0 Å². The van der Waals surface area contributed by atoms with Crippen LogP contribution >= 0.6 is 0 Å². The van der Waals surface area contributed by atoms with Crippen LogP contribution in [0.5, 0.6) is 0 Å². The Kier molecular flexibility index (Phi) is 8.16. The van der Waals surface area contributed by atoms with Crippen LogP contribution in [0, 0.1) is 0 Å². The summed E-state index contributed by atoms with van der Waals surface area (Å²) >= 11 is 0. The van der Waals surface area contributed by atoms with Crippen molar-refractivity contribution in [1.29, 1.82) is 0 Å². The fourth-order valence-electron chi connectivity index (χ4n) is 3.26. The van der Waals surface area contributed by atoms with E-state index in [0.717, 1.165) is 0 Å². The highest BCUT2D eigenvalue weighted by molar-refractivity contribution is 6.22. The lowest BCUT2D eigenvalue weighted by molar-refractivity contribution is 0.0731. The summed E-state index contributed by atoms with van der Waals surface area (Å²) in [7, 11) is 1.21. The summed E-state index contributed by atoms with van der Waals surface area (Å²) in [6, 6.07) is 0. The first-order chi connectivity index (χ1) is 9.05. The molecule has 0 fully saturated rings. The Morgan fingerprint density at radius 3 is 1.55 bits per heavy atom. The Balaban J connectivity index is 5.54. The van der Waals surface area contributed by atoms with Gasteiger partial charge in [-0.3, -0.25) is 0 Å². The van der Waals surface area contributed by atoms with Crippen molar-refractivity contribution in [3.05, 3.63) is 10.9 Å². The number of unbranched alkanes of at least 4 members (excludes halogenated alkanes) is 2. The van der Waals surface area contributed by atoms with Crippen LogP contribution in [-0.2, 0) is 0 Å². The van der Waals surface area contributed by atoms with E-state index in [9.17, 15) is 0 Å². The monoisotopic (exact) mass is 297 g/mol. The van der Waals surface area contributed by atoms with Crippen molar-refractivity contribution < 1.29 is 0 Å². The van der Waals surface area contributed by atoms with Gasteiger partial charge in [-0.2, -0.15) is 0 Å². The van der Waals surface area contributed by atoms with Crippen LogP contribution in [0.25, 0.3) is 0 Å². The fourth-order valence-corrected chi connectivity index (χ4v) is 4.09. The van der Waals surface area contributed by atoms with Gasteiger partial charge in [-0.1, -0.05) is 38.3 Å². The molecule has 0 aromatic heterocycles. The molecular formula is C18H39NSi. The lowest BCUT2D eigenvalue weighted by atomic mass is 9.93. The van der Waals surface area contributed by atoms with E-state index >= 15 is 0 Å². The van der Waals surface area contributed by atoms with Gasteiger partial charge in [0.25, 0.3) is 0 Å². The third kappa shape index (κ3) is 6.47. The van der Waals surface area contributed by atoms with E-state index in [2.05, 4.69) is 60.3 Å². The van der Waals surface area contributed by atoms with Gasteiger partial charge in [0, 0.05) is 27.0 Å². The lowest BCUT2D eigenvalue weighted by Crippen LogP contribution is -2.52. The molecule has 0 saturated carbocycles. The molecule has 0 aromatic carbocycles. The summed E-state index contributed by atoms with van der Waals surface area (Å²) in [5, 5.41) is 1.74. The first kappa shape index (κ1) is 19.8. The minimum absolute atomic E-state index is 0.198. The van der Waals surface area contributed by atoms with Gasteiger partial charge in [0.05, 0.1) is 0 Å². The van der Waals surface area contributed by atoms with Crippen molar-refractivity contribution in [3.8, 4) is 0 Å². The van der Waals surface area contributed by atoms with Gasteiger partial charge in [0.2, 0.25) is 0 Å². The number of rotatable bonds is 7. The summed E-state index contributed by atoms with van der Waals surface area (Å²) in [6.45, 7) is 18.8. The molecule has 2 heteroatoms. The van der Waals surface area contributed by atoms with E-state index in [4.69, 9.17) is 0 Å². The molecule has 0 saturated heterocycles. The maximum absolute atomic E-state index is 2.70. The van der Waals surface area contributed by atoms with E-state index in [1.807, 2.05) is 0 Å². The topological polar surface area (TPSA) is 3.24 Å². The summed E-state index contributed by atoms with van der Waals surface area (Å²) in [5.74, 6) is 0. The van der Waals surface area contributed by atoms with Gasteiger partial charge in [-0.15, -0.1) is 0 Å². The Morgan fingerprint density at radius 2 is 1.20 bits per heavy atom. The second kappa shape index (κ2) is 8.26. The molecule has 0 amide bonds. The van der Waals surface area contributed by atoms with Crippen molar-refractivity contribution in [1.82, 2.24) is 4.90 Å². The highest BCUT2D eigenvalue weighted by atomic mass is 28.1. The predicted molar refractivity (Wildman–Crippen MR) is 97.4 cm³/mol. The van der Waals surface area contributed by atoms with Gasteiger partial charge in [-0.25, -0.2) is 0 Å². The molecule has 0 bridgehead atoms. The molecule has 0 radical (unpaired) electrons. The molecule has 0 rings (SSSR count). The summed E-state index contributed by atoms with van der Waals surface area (Å²) in [5.41, 5.74) is 2.05. The second-order valence-electron chi connectivity index (χ2n) is 8.11. The summed E-state index contributed by atoms with van der Waals surface area (Å²) in [4.78, 5) is 2.70. The summed E-state index contributed by atoms with van der Waals surface area (Å²) < 4.78 is 0. The zero-order valence-corrected chi connectivity index (χ0v) is 17.7. The first-order valence-corrected chi connectivity index (χ1v) is 9.54. The predicted octanol–water partition coefficient (Wildman–Crippen LogP) is 4.84. The van der Waals surface area contributed by atoms with Crippen molar-refractivity contribution in [2.24, 2.45) is 0 Å². The highest BCUT2D eigenvalue weighted by Gasteiger charge is 2.33. The molecule has 120 valence electrons. The average molecular weight is 298 g/mol. The number of hydrogen-bond acceptors (Lipinski definition) is 1. The summed E-state index contributed by atoms with van der Waals surface area (Å²) in [6.07, 6.45) is 7.82. The van der Waals surface area contributed by atoms with Gasteiger partial charge in [-0.05, 0) is 60.8 Å². The zero-order chi connectivity index (χ0) is 16.0. The van der Waals surface area contributed by atoms with Crippen LogP contribution < -0.4 is 0 Å². The normalized spacial score (nSPS) is 14.4. The standard InChI is InChI=1S/C18H39NSi/c1-9-11-13-15(16(20)14-12-10-2)19(17(3,4)5)18(6,7)8/h9-14H2,1-8,20H3. The Hall–Kier alpha value is -0.243. The maximum atomic E-state index is 2.70. The van der Waals surface area contributed by atoms with Crippen molar-refractivity contribution in [2.45, 2.75) is 105 Å². The Bertz CT molecular complexity index is 290. The molecule has 0 atom stereocenters. The third-order valence-corrected chi connectivity index (χ3v) is 4.85. The molecule has 0 heterocycles. The van der Waals surface area contributed by atoms with E-state index in [1.54, 1.807) is 10.9 Å². The third-order valence-electron chi connectivity index (χ3n) is 3.78. The molecule has 0 aliphatic heterocycles. The van der Waals surface area contributed by atoms with E-state index in [1.165, 1.54) is 48.8 Å². The fraction of sp³-hybridized carbons (Fsp3) is 0.889. The lowest BCUT2D eigenvalue weighted by Gasteiger charge is -2.49. The van der Waals surface area contributed by atoms with Crippen molar-refractivity contribution >= 4 is 10.2 Å². The van der Waals surface area contributed by atoms with Crippen LogP contribution in [0.15, 0.2) is 10.9 Å². The second-order valence-corrected chi connectivity index (χ2v) is 9.32. The molecule has 0 aliphatic carbocycles. The smallest absolute Gasteiger partial charge is 0.0355 e. The van der Waals surface area contributed by atoms with Gasteiger partial charge in [0.1, 0.15) is 0 Å². The van der Waals surface area contributed by atoms with Gasteiger partial charge >= 0.3 is 0 Å². The molecule has 0 aromatic rings. The number of nitrogens with zero attached hydrogens (tertiary/aromatic N) is 1. The van der Waals surface area contributed by atoms with E-state index in [0.29, 0.717) is 0 Å². The molecule has 0 aliphatic rings. The van der Waals surface area contributed by atoms with Crippen molar-refractivity contribution in [2.75, 3.05) is 0 Å². The Labute approximate surface area is 131 Å². The first-order valence-electron chi connectivity index (χ1n) is 8.54. The molecule has 0 N–H and O–H groups in total. The van der Waals surface area contributed by atoms with Crippen LogP contribution in [-0.4, -0.2) is 26.2 Å². The van der Waals surface area contributed by atoms with Crippen LogP contribution in [0.3, 0.4) is 0 Å². The van der Waals surface area contributed by atoms with Crippen LogP contribution in [0.4, 0.5) is 0 Å². The number of allylic oxidation sites excluding steroid dienone is 2. The molecule has 20 heavy (non-hydrogen) atoms. The molecule has 0 unspecified atom stereocenters. The molecule has 0 spiro atoms. The van der Waals surface area contributed by atoms with E-state index < -0.39 is 0 Å². The van der Waals surface area contributed by atoms with Gasteiger partial charge in [0.15, 0.2) is 0 Å². The molecule has 1 nitrogen and oxygen atoms in total. The van der Waals surface area contributed by atoms with Crippen LogP contribution in [0.1, 0.15) is 93.9 Å². The maximum Gasteiger partial charge on any atom is 0.0355 e. The average Bonchev–Trinajstić information content (AvgIpc) is 2.27.